The Morgan fingerprint density at radius 2 is 2.38 bits per heavy atom. The van der Waals surface area contributed by atoms with E-state index in [9.17, 15) is 0 Å². The summed E-state index contributed by atoms with van der Waals surface area (Å²) in [6.45, 7) is 2.77. The maximum Gasteiger partial charge on any atom is 0.232 e. The summed E-state index contributed by atoms with van der Waals surface area (Å²) in [5.74, 6) is 1.01. The number of pyridine rings is 1. The zero-order chi connectivity index (χ0) is 11.4. The number of aromatic nitrogens is 1. The summed E-state index contributed by atoms with van der Waals surface area (Å²) in [5, 5.41) is 4.33. The van der Waals surface area contributed by atoms with Crippen molar-refractivity contribution in [1.29, 1.82) is 0 Å². The van der Waals surface area contributed by atoms with E-state index in [2.05, 4.69) is 10.3 Å². The van der Waals surface area contributed by atoms with Crippen LogP contribution in [0.1, 0.15) is 12.8 Å². The molecule has 2 rings (SSSR count). The first kappa shape index (κ1) is 12.0. The Kier molecular flexibility index (Phi) is 4.27. The van der Waals surface area contributed by atoms with E-state index in [1.165, 1.54) is 12.8 Å². The Morgan fingerprint density at radius 3 is 3.06 bits per heavy atom. The van der Waals surface area contributed by atoms with Crippen LogP contribution >= 0.6 is 23.2 Å². The summed E-state index contributed by atoms with van der Waals surface area (Å²) in [6, 6.07) is 1.64. The smallest absolute Gasteiger partial charge is 0.232 e. The van der Waals surface area contributed by atoms with Crippen molar-refractivity contribution in [2.24, 2.45) is 5.92 Å². The van der Waals surface area contributed by atoms with Gasteiger partial charge in [-0.25, -0.2) is 4.98 Å². The SMILES string of the molecule is Clc1cnc(OCC2CCCNC2)c(Cl)c1. The van der Waals surface area contributed by atoms with Crippen LogP contribution in [0.3, 0.4) is 0 Å². The highest BCUT2D eigenvalue weighted by Crippen LogP contribution is 2.25. The minimum atomic E-state index is 0.469. The van der Waals surface area contributed by atoms with Gasteiger partial charge in [-0.15, -0.1) is 0 Å². The average Bonchev–Trinajstić information content (AvgIpc) is 2.29. The van der Waals surface area contributed by atoms with Crippen LogP contribution in [0.15, 0.2) is 12.3 Å². The maximum atomic E-state index is 5.96. The molecular weight excluding hydrogens is 247 g/mol. The van der Waals surface area contributed by atoms with E-state index in [-0.39, 0.29) is 0 Å². The Hall–Kier alpha value is -0.510. The predicted octanol–water partition coefficient (Wildman–Crippen LogP) is 2.77. The molecule has 1 aromatic heterocycles. The average molecular weight is 261 g/mol. The van der Waals surface area contributed by atoms with E-state index in [0.717, 1.165) is 13.1 Å². The molecular formula is C11H14Cl2N2O. The van der Waals surface area contributed by atoms with Crippen LogP contribution in [0.2, 0.25) is 10.0 Å². The molecule has 1 aliphatic heterocycles. The number of rotatable bonds is 3. The van der Waals surface area contributed by atoms with Crippen molar-refractivity contribution in [1.82, 2.24) is 10.3 Å². The van der Waals surface area contributed by atoms with Gasteiger partial charge in [0.15, 0.2) is 0 Å². The Morgan fingerprint density at radius 1 is 1.50 bits per heavy atom. The molecule has 2 heterocycles. The van der Waals surface area contributed by atoms with E-state index in [0.29, 0.717) is 28.5 Å². The summed E-state index contributed by atoms with van der Waals surface area (Å²) in [5.41, 5.74) is 0. The van der Waals surface area contributed by atoms with Gasteiger partial charge in [0.2, 0.25) is 5.88 Å². The van der Waals surface area contributed by atoms with Crippen molar-refractivity contribution >= 4 is 23.2 Å². The molecule has 88 valence electrons. The lowest BCUT2D eigenvalue weighted by Crippen LogP contribution is -2.33. The van der Waals surface area contributed by atoms with Gasteiger partial charge in [0.25, 0.3) is 0 Å². The molecule has 0 amide bonds. The van der Waals surface area contributed by atoms with E-state index < -0.39 is 0 Å². The monoisotopic (exact) mass is 260 g/mol. The molecule has 0 spiro atoms. The molecule has 0 saturated carbocycles. The Labute approximate surface area is 105 Å². The molecule has 0 radical (unpaired) electrons. The third-order valence-electron chi connectivity index (χ3n) is 2.63. The van der Waals surface area contributed by atoms with Crippen LogP contribution in [-0.4, -0.2) is 24.7 Å². The number of ether oxygens (including phenoxy) is 1. The van der Waals surface area contributed by atoms with Crippen molar-refractivity contribution in [3.8, 4) is 5.88 Å². The molecule has 0 aromatic carbocycles. The van der Waals surface area contributed by atoms with Crippen molar-refractivity contribution in [2.75, 3.05) is 19.7 Å². The molecule has 0 bridgehead atoms. The summed E-state index contributed by atoms with van der Waals surface area (Å²) in [6.07, 6.45) is 3.94. The number of piperidine rings is 1. The molecule has 1 saturated heterocycles. The van der Waals surface area contributed by atoms with Gasteiger partial charge in [0.1, 0.15) is 5.02 Å². The highest BCUT2D eigenvalue weighted by Gasteiger charge is 2.14. The summed E-state index contributed by atoms with van der Waals surface area (Å²) in [7, 11) is 0. The van der Waals surface area contributed by atoms with E-state index >= 15 is 0 Å². The summed E-state index contributed by atoms with van der Waals surface area (Å²) < 4.78 is 5.59. The van der Waals surface area contributed by atoms with Crippen LogP contribution in [0.5, 0.6) is 5.88 Å². The molecule has 1 aliphatic rings. The third kappa shape index (κ3) is 3.24. The highest BCUT2D eigenvalue weighted by molar-refractivity contribution is 6.35. The normalized spacial score (nSPS) is 20.8. The van der Waals surface area contributed by atoms with E-state index in [1.54, 1.807) is 12.3 Å². The van der Waals surface area contributed by atoms with Gasteiger partial charge in [-0.2, -0.15) is 0 Å². The number of nitrogens with one attached hydrogen (secondary N) is 1. The van der Waals surface area contributed by atoms with Gasteiger partial charge in [0.05, 0.1) is 11.6 Å². The molecule has 16 heavy (non-hydrogen) atoms. The standard InChI is InChI=1S/C11H14Cl2N2O/c12-9-4-10(13)11(15-6-9)16-7-8-2-1-3-14-5-8/h4,6,8,14H,1-3,5,7H2. The van der Waals surface area contributed by atoms with Crippen molar-refractivity contribution < 1.29 is 4.74 Å². The van der Waals surface area contributed by atoms with Gasteiger partial charge >= 0.3 is 0 Å². The molecule has 5 heteroatoms. The van der Waals surface area contributed by atoms with Crippen molar-refractivity contribution in [3.05, 3.63) is 22.3 Å². The minimum absolute atomic E-state index is 0.469. The van der Waals surface area contributed by atoms with Crippen LogP contribution in [0, 0.1) is 5.92 Å². The minimum Gasteiger partial charge on any atom is -0.476 e. The zero-order valence-electron chi connectivity index (χ0n) is 8.88. The second-order valence-corrected chi connectivity index (χ2v) is 4.81. The van der Waals surface area contributed by atoms with Gasteiger partial charge in [-0.1, -0.05) is 23.2 Å². The fourth-order valence-electron chi connectivity index (χ4n) is 1.77. The summed E-state index contributed by atoms with van der Waals surface area (Å²) >= 11 is 11.7. The second-order valence-electron chi connectivity index (χ2n) is 3.96. The van der Waals surface area contributed by atoms with Crippen LogP contribution < -0.4 is 10.1 Å². The molecule has 0 aliphatic carbocycles. The number of hydrogen-bond acceptors (Lipinski definition) is 3. The zero-order valence-corrected chi connectivity index (χ0v) is 10.4. The first-order chi connectivity index (χ1) is 7.75. The van der Waals surface area contributed by atoms with Gasteiger partial charge in [-0.3, -0.25) is 0 Å². The lowest BCUT2D eigenvalue weighted by Gasteiger charge is -2.22. The predicted molar refractivity (Wildman–Crippen MR) is 65.3 cm³/mol. The molecule has 1 atom stereocenters. The highest BCUT2D eigenvalue weighted by atomic mass is 35.5. The van der Waals surface area contributed by atoms with Crippen LogP contribution in [0.25, 0.3) is 0 Å². The molecule has 1 unspecified atom stereocenters. The fraction of sp³-hybridized carbons (Fsp3) is 0.545. The lowest BCUT2D eigenvalue weighted by molar-refractivity contribution is 0.212. The number of nitrogens with zero attached hydrogens (tertiary/aromatic N) is 1. The Bertz CT molecular complexity index is 354. The quantitative estimate of drug-likeness (QED) is 0.908. The lowest BCUT2D eigenvalue weighted by atomic mass is 10.0. The number of hydrogen-bond donors (Lipinski definition) is 1. The largest absolute Gasteiger partial charge is 0.476 e. The van der Waals surface area contributed by atoms with Crippen molar-refractivity contribution in [3.63, 3.8) is 0 Å². The van der Waals surface area contributed by atoms with Crippen LogP contribution in [-0.2, 0) is 0 Å². The van der Waals surface area contributed by atoms with E-state index in [1.807, 2.05) is 0 Å². The molecule has 1 N–H and O–H groups in total. The second kappa shape index (κ2) is 5.71. The first-order valence-electron chi connectivity index (χ1n) is 5.40. The summed E-state index contributed by atoms with van der Waals surface area (Å²) in [4.78, 5) is 4.06. The van der Waals surface area contributed by atoms with Gasteiger partial charge < -0.3 is 10.1 Å². The fourth-order valence-corrected chi connectivity index (χ4v) is 2.21. The molecule has 1 aromatic rings. The topological polar surface area (TPSA) is 34.1 Å². The third-order valence-corrected chi connectivity index (χ3v) is 3.11. The first-order valence-corrected chi connectivity index (χ1v) is 6.16. The van der Waals surface area contributed by atoms with Crippen molar-refractivity contribution in [2.45, 2.75) is 12.8 Å². The molecule has 3 nitrogen and oxygen atoms in total. The Balaban J connectivity index is 1.88. The molecule has 1 fully saturated rings. The maximum absolute atomic E-state index is 5.96. The van der Waals surface area contributed by atoms with E-state index in [4.69, 9.17) is 27.9 Å². The number of halogens is 2. The van der Waals surface area contributed by atoms with Gasteiger partial charge in [-0.05, 0) is 25.5 Å². The van der Waals surface area contributed by atoms with Crippen LogP contribution in [0.4, 0.5) is 0 Å². The van der Waals surface area contributed by atoms with Gasteiger partial charge in [0, 0.05) is 18.7 Å².